The molecule has 3 aromatic heterocycles. The smallest absolute Gasteiger partial charge is 0.305 e. The second kappa shape index (κ2) is 8.64. The number of carboxylic acids is 1. The lowest BCUT2D eigenvalue weighted by Gasteiger charge is -2.28. The van der Waals surface area contributed by atoms with E-state index in [-0.39, 0.29) is 30.1 Å². The molecule has 0 spiro atoms. The molecule has 4 heterocycles. The summed E-state index contributed by atoms with van der Waals surface area (Å²) in [4.78, 5) is 38.6. The molecule has 0 unspecified atom stereocenters. The van der Waals surface area contributed by atoms with Gasteiger partial charge in [-0.25, -0.2) is 14.4 Å². The molecule has 1 aliphatic heterocycles. The van der Waals surface area contributed by atoms with Crippen LogP contribution >= 0.6 is 0 Å². The third-order valence-electron chi connectivity index (χ3n) is 5.18. The molecule has 0 bridgehead atoms. The van der Waals surface area contributed by atoms with Crippen LogP contribution in [0.25, 0.3) is 11.0 Å². The van der Waals surface area contributed by atoms with Gasteiger partial charge in [0.2, 0.25) is 5.95 Å². The Balaban J connectivity index is 1.63. The molecule has 1 aliphatic rings. The lowest BCUT2D eigenvalue weighted by atomic mass is 10.2. The van der Waals surface area contributed by atoms with Crippen molar-refractivity contribution in [1.29, 1.82) is 0 Å². The number of nitrogens with one attached hydrogen (secondary N) is 2. The molecule has 10 nitrogen and oxygen atoms in total. The summed E-state index contributed by atoms with van der Waals surface area (Å²) in [6.07, 6.45) is 2.75. The van der Waals surface area contributed by atoms with Gasteiger partial charge >= 0.3 is 5.97 Å². The van der Waals surface area contributed by atoms with Gasteiger partial charge in [0, 0.05) is 49.9 Å². The molecule has 1 saturated heterocycles. The molecule has 0 saturated carbocycles. The van der Waals surface area contributed by atoms with Gasteiger partial charge in [-0.05, 0) is 19.1 Å². The molecule has 0 amide bonds. The van der Waals surface area contributed by atoms with E-state index in [1.165, 1.54) is 13.1 Å². The number of fused-ring (bicyclic) bond motifs is 1. The highest BCUT2D eigenvalue weighted by atomic mass is 19.1. The number of piperazine rings is 1. The van der Waals surface area contributed by atoms with Crippen LogP contribution in [0.1, 0.15) is 12.0 Å². The number of aromatic nitrogens is 4. The van der Waals surface area contributed by atoms with Crippen molar-refractivity contribution in [3.63, 3.8) is 0 Å². The maximum absolute atomic E-state index is 14.3. The first-order valence-electron chi connectivity index (χ1n) is 9.90. The van der Waals surface area contributed by atoms with Crippen LogP contribution in [0.4, 0.5) is 21.8 Å². The lowest BCUT2D eigenvalue weighted by molar-refractivity contribution is -0.137. The minimum Gasteiger partial charge on any atom is -0.481 e. The average Bonchev–Trinajstić information content (AvgIpc) is 2.78. The van der Waals surface area contributed by atoms with Gasteiger partial charge in [0.05, 0.1) is 18.3 Å². The van der Waals surface area contributed by atoms with Crippen molar-refractivity contribution in [2.75, 3.05) is 36.4 Å². The Labute approximate surface area is 176 Å². The number of halogens is 1. The Morgan fingerprint density at radius 2 is 2.03 bits per heavy atom. The van der Waals surface area contributed by atoms with E-state index in [0.717, 1.165) is 36.6 Å². The Morgan fingerprint density at radius 1 is 1.26 bits per heavy atom. The summed E-state index contributed by atoms with van der Waals surface area (Å²) in [6.45, 7) is 4.87. The Hall–Kier alpha value is -3.60. The van der Waals surface area contributed by atoms with E-state index in [9.17, 15) is 14.0 Å². The van der Waals surface area contributed by atoms with E-state index >= 15 is 0 Å². The Bertz CT molecular complexity index is 1170. The van der Waals surface area contributed by atoms with Gasteiger partial charge in [0.25, 0.3) is 5.56 Å². The predicted molar refractivity (Wildman–Crippen MR) is 113 cm³/mol. The molecule has 0 atom stereocenters. The van der Waals surface area contributed by atoms with Crippen LogP contribution in [-0.4, -0.2) is 56.8 Å². The van der Waals surface area contributed by atoms with Crippen molar-refractivity contribution in [3.8, 4) is 0 Å². The minimum absolute atomic E-state index is 0.125. The zero-order valence-corrected chi connectivity index (χ0v) is 16.9. The first-order chi connectivity index (χ1) is 14.9. The van der Waals surface area contributed by atoms with Crippen molar-refractivity contribution >= 4 is 34.5 Å². The summed E-state index contributed by atoms with van der Waals surface area (Å²) in [6, 6.07) is 3.75. The SMILES string of the molecule is Cc1c(F)c(=O)n(CCC(=O)O)c2nc(Nc3ccc(N4CCNCC4)nc3)ncc12. The Morgan fingerprint density at radius 3 is 2.71 bits per heavy atom. The zero-order valence-electron chi connectivity index (χ0n) is 16.9. The first kappa shape index (κ1) is 20.7. The van der Waals surface area contributed by atoms with E-state index in [1.807, 2.05) is 12.1 Å². The maximum Gasteiger partial charge on any atom is 0.305 e. The van der Waals surface area contributed by atoms with E-state index in [2.05, 4.69) is 30.5 Å². The molecule has 162 valence electrons. The van der Waals surface area contributed by atoms with Crippen LogP contribution in [0.2, 0.25) is 0 Å². The van der Waals surface area contributed by atoms with Crippen LogP contribution in [0.15, 0.2) is 29.3 Å². The number of aliphatic carboxylic acids is 1. The lowest BCUT2D eigenvalue weighted by Crippen LogP contribution is -2.43. The number of aryl methyl sites for hydroxylation is 2. The van der Waals surface area contributed by atoms with Crippen LogP contribution in [0.3, 0.4) is 0 Å². The standard InChI is InChI=1S/C20H22FN7O3/c1-12-14-11-24-20(26-18(14)28(7-4-16(29)30)19(31)17(12)21)25-13-2-3-15(23-10-13)27-8-5-22-6-9-27/h2-3,10-11,22H,4-9H2,1H3,(H,29,30)(H,24,25,26). The largest absolute Gasteiger partial charge is 0.481 e. The Kier molecular flexibility index (Phi) is 5.76. The van der Waals surface area contributed by atoms with Crippen molar-refractivity contribution in [2.24, 2.45) is 0 Å². The highest BCUT2D eigenvalue weighted by Crippen LogP contribution is 2.21. The highest BCUT2D eigenvalue weighted by Gasteiger charge is 2.17. The quantitative estimate of drug-likeness (QED) is 0.533. The van der Waals surface area contributed by atoms with Crippen LogP contribution < -0.4 is 21.1 Å². The normalized spacial score (nSPS) is 14.1. The van der Waals surface area contributed by atoms with Gasteiger partial charge in [-0.1, -0.05) is 0 Å². The zero-order chi connectivity index (χ0) is 22.0. The third-order valence-corrected chi connectivity index (χ3v) is 5.18. The summed E-state index contributed by atoms with van der Waals surface area (Å²) in [5.74, 6) is -0.960. The number of pyridine rings is 2. The molecule has 1 fully saturated rings. The number of carbonyl (C=O) groups is 1. The van der Waals surface area contributed by atoms with Crippen molar-refractivity contribution in [1.82, 2.24) is 24.8 Å². The molecule has 11 heteroatoms. The minimum atomic E-state index is -1.09. The van der Waals surface area contributed by atoms with E-state index in [0.29, 0.717) is 11.1 Å². The number of rotatable bonds is 6. The van der Waals surface area contributed by atoms with Gasteiger partial charge in [-0.2, -0.15) is 4.98 Å². The topological polar surface area (TPSA) is 125 Å². The van der Waals surface area contributed by atoms with Gasteiger partial charge < -0.3 is 20.6 Å². The van der Waals surface area contributed by atoms with Crippen LogP contribution in [0.5, 0.6) is 0 Å². The molecule has 3 aromatic rings. The van der Waals surface area contributed by atoms with E-state index < -0.39 is 17.3 Å². The molecule has 0 radical (unpaired) electrons. The number of carboxylic acid groups (broad SMARTS) is 1. The van der Waals surface area contributed by atoms with Gasteiger partial charge in [-0.3, -0.25) is 14.2 Å². The predicted octanol–water partition coefficient (Wildman–Crippen LogP) is 1.26. The number of nitrogens with zero attached hydrogens (tertiary/aromatic N) is 5. The van der Waals surface area contributed by atoms with Gasteiger partial charge in [0.15, 0.2) is 5.82 Å². The summed E-state index contributed by atoms with van der Waals surface area (Å²) in [5, 5.41) is 15.6. The second-order valence-corrected chi connectivity index (χ2v) is 7.24. The van der Waals surface area contributed by atoms with Gasteiger partial charge in [-0.15, -0.1) is 0 Å². The van der Waals surface area contributed by atoms with E-state index in [1.54, 1.807) is 6.20 Å². The summed E-state index contributed by atoms with van der Waals surface area (Å²) < 4.78 is 15.3. The molecule has 31 heavy (non-hydrogen) atoms. The summed E-state index contributed by atoms with van der Waals surface area (Å²) >= 11 is 0. The van der Waals surface area contributed by atoms with Crippen molar-refractivity contribution in [3.05, 3.63) is 46.3 Å². The monoisotopic (exact) mass is 427 g/mol. The number of anilines is 3. The second-order valence-electron chi connectivity index (χ2n) is 7.24. The summed E-state index contributed by atoms with van der Waals surface area (Å²) in [7, 11) is 0. The summed E-state index contributed by atoms with van der Waals surface area (Å²) in [5.41, 5.74) is 0.0441. The number of hydrogen-bond acceptors (Lipinski definition) is 8. The average molecular weight is 427 g/mol. The fourth-order valence-electron chi connectivity index (χ4n) is 3.48. The highest BCUT2D eigenvalue weighted by molar-refractivity contribution is 5.79. The van der Waals surface area contributed by atoms with E-state index in [4.69, 9.17) is 5.11 Å². The fraction of sp³-hybridized carbons (Fsp3) is 0.350. The molecular formula is C20H22FN7O3. The first-order valence-corrected chi connectivity index (χ1v) is 9.90. The molecule has 4 rings (SSSR count). The van der Waals surface area contributed by atoms with Crippen LogP contribution in [-0.2, 0) is 11.3 Å². The number of hydrogen-bond donors (Lipinski definition) is 3. The fourth-order valence-corrected chi connectivity index (χ4v) is 3.48. The van der Waals surface area contributed by atoms with Crippen molar-refractivity contribution in [2.45, 2.75) is 19.9 Å². The van der Waals surface area contributed by atoms with Gasteiger partial charge in [0.1, 0.15) is 11.5 Å². The third kappa shape index (κ3) is 4.31. The maximum atomic E-state index is 14.3. The molecule has 0 aromatic carbocycles. The molecule has 3 N–H and O–H groups in total. The van der Waals surface area contributed by atoms with Crippen LogP contribution in [0, 0.1) is 12.7 Å². The molecular weight excluding hydrogens is 405 g/mol. The van der Waals surface area contributed by atoms with Crippen molar-refractivity contribution < 1.29 is 14.3 Å². The molecule has 0 aliphatic carbocycles.